The van der Waals surface area contributed by atoms with Gasteiger partial charge in [-0.25, -0.2) is 4.98 Å². The molecule has 3 aromatic rings. The van der Waals surface area contributed by atoms with Gasteiger partial charge in [-0.3, -0.25) is 4.40 Å². The van der Waals surface area contributed by atoms with Crippen molar-refractivity contribution >= 4 is 27.9 Å². The van der Waals surface area contributed by atoms with Gasteiger partial charge in [-0.15, -0.1) is 22.9 Å². The molecule has 0 bridgehead atoms. The number of hydrogen-bond donors (Lipinski definition) is 0. The highest BCUT2D eigenvalue weighted by molar-refractivity contribution is 7.17. The van der Waals surface area contributed by atoms with Crippen LogP contribution in [-0.2, 0) is 5.88 Å². The Morgan fingerprint density at radius 2 is 2.44 bits per heavy atom. The number of aromatic nitrogens is 2. The lowest BCUT2D eigenvalue weighted by Gasteiger charge is -1.99. The van der Waals surface area contributed by atoms with E-state index in [0.29, 0.717) is 5.88 Å². The average Bonchev–Trinajstić information content (AvgIpc) is 2.92. The van der Waals surface area contributed by atoms with Crippen LogP contribution in [0, 0.1) is 6.92 Å². The number of rotatable bonds is 2. The molecule has 0 N–H and O–H groups in total. The number of imidazole rings is 1. The monoisotopic (exact) mass is 252 g/mol. The minimum Gasteiger partial charge on any atom is -0.463 e. The normalized spacial score (nSPS) is 11.4. The van der Waals surface area contributed by atoms with Crippen LogP contribution < -0.4 is 0 Å². The van der Waals surface area contributed by atoms with E-state index in [9.17, 15) is 0 Å². The molecule has 0 spiro atoms. The number of alkyl halides is 1. The molecule has 0 saturated heterocycles. The van der Waals surface area contributed by atoms with E-state index in [-0.39, 0.29) is 0 Å². The van der Waals surface area contributed by atoms with Crippen molar-refractivity contribution in [3.8, 4) is 11.5 Å². The van der Waals surface area contributed by atoms with Crippen LogP contribution in [-0.4, -0.2) is 9.38 Å². The minimum absolute atomic E-state index is 0.449. The summed E-state index contributed by atoms with van der Waals surface area (Å²) in [4.78, 5) is 6.48. The van der Waals surface area contributed by atoms with Crippen LogP contribution in [0.5, 0.6) is 0 Å². The average molecular weight is 253 g/mol. The van der Waals surface area contributed by atoms with Crippen LogP contribution in [0.1, 0.15) is 10.6 Å². The summed E-state index contributed by atoms with van der Waals surface area (Å²) in [5.41, 5.74) is 2.05. The molecule has 82 valence electrons. The number of halogens is 1. The van der Waals surface area contributed by atoms with Crippen molar-refractivity contribution in [1.82, 2.24) is 9.38 Å². The predicted octanol–water partition coefficient (Wildman–Crippen LogP) is 3.70. The van der Waals surface area contributed by atoms with Crippen LogP contribution in [0.3, 0.4) is 0 Å². The summed E-state index contributed by atoms with van der Waals surface area (Å²) in [6, 6.07) is 3.84. The molecule has 3 heterocycles. The quantitative estimate of drug-likeness (QED) is 0.651. The summed E-state index contributed by atoms with van der Waals surface area (Å²) >= 11 is 7.55. The Morgan fingerprint density at radius 3 is 3.12 bits per heavy atom. The van der Waals surface area contributed by atoms with E-state index in [1.807, 2.05) is 18.3 Å². The third kappa shape index (κ3) is 1.30. The predicted molar refractivity (Wildman–Crippen MR) is 65.1 cm³/mol. The third-order valence-corrected chi connectivity index (χ3v) is 3.74. The van der Waals surface area contributed by atoms with E-state index < -0.39 is 0 Å². The number of fused-ring (bicyclic) bond motifs is 1. The molecule has 5 heteroatoms. The molecule has 16 heavy (non-hydrogen) atoms. The molecule has 3 aromatic heterocycles. The summed E-state index contributed by atoms with van der Waals surface area (Å²) in [5, 5.41) is 0. The van der Waals surface area contributed by atoms with Crippen molar-refractivity contribution in [2.24, 2.45) is 0 Å². The third-order valence-electron chi connectivity index (χ3n) is 2.50. The van der Waals surface area contributed by atoms with Gasteiger partial charge in [0, 0.05) is 4.88 Å². The Hall–Kier alpha value is -1.26. The SMILES string of the molecule is Cc1sc2ncc(CCl)n2c1-c1ccco1. The molecule has 0 aliphatic carbocycles. The summed E-state index contributed by atoms with van der Waals surface area (Å²) in [6.07, 6.45) is 3.49. The van der Waals surface area contributed by atoms with Crippen molar-refractivity contribution in [3.05, 3.63) is 35.2 Å². The van der Waals surface area contributed by atoms with Crippen LogP contribution in [0.4, 0.5) is 0 Å². The number of aryl methyl sites for hydroxylation is 1. The largest absolute Gasteiger partial charge is 0.463 e. The molecule has 0 atom stereocenters. The Labute approximate surface area is 101 Å². The van der Waals surface area contributed by atoms with Gasteiger partial charge >= 0.3 is 0 Å². The first kappa shape index (κ1) is 9.93. The molecule has 0 aliphatic heterocycles. The molecule has 0 saturated carbocycles. The first-order valence-corrected chi connectivity index (χ1v) is 6.22. The van der Waals surface area contributed by atoms with E-state index in [1.165, 1.54) is 4.88 Å². The maximum absolute atomic E-state index is 5.90. The fourth-order valence-corrected chi connectivity index (χ4v) is 2.97. The zero-order valence-electron chi connectivity index (χ0n) is 8.61. The van der Waals surface area contributed by atoms with Gasteiger partial charge in [0.1, 0.15) is 5.69 Å². The molecule has 0 unspecified atom stereocenters. The van der Waals surface area contributed by atoms with E-state index in [0.717, 1.165) is 22.1 Å². The Bertz CT molecular complexity index is 624. The standard InChI is InChI=1S/C11H9ClN2OS/c1-7-10(9-3-2-4-15-9)14-8(5-12)6-13-11(14)16-7/h2-4,6H,5H2,1H3. The van der Waals surface area contributed by atoms with Crippen molar-refractivity contribution in [3.63, 3.8) is 0 Å². The summed E-state index contributed by atoms with van der Waals surface area (Å²) in [7, 11) is 0. The highest BCUT2D eigenvalue weighted by atomic mass is 35.5. The smallest absolute Gasteiger partial charge is 0.194 e. The molecular weight excluding hydrogens is 244 g/mol. The van der Waals surface area contributed by atoms with Crippen LogP contribution in [0.25, 0.3) is 16.4 Å². The molecule has 0 fully saturated rings. The van der Waals surface area contributed by atoms with Crippen molar-refractivity contribution < 1.29 is 4.42 Å². The van der Waals surface area contributed by atoms with E-state index >= 15 is 0 Å². The topological polar surface area (TPSA) is 30.4 Å². The number of hydrogen-bond acceptors (Lipinski definition) is 3. The molecule has 0 aliphatic rings. The molecule has 3 nitrogen and oxygen atoms in total. The molecule has 3 rings (SSSR count). The maximum Gasteiger partial charge on any atom is 0.194 e. The summed E-state index contributed by atoms with van der Waals surface area (Å²) in [6.45, 7) is 2.06. The van der Waals surface area contributed by atoms with Gasteiger partial charge in [-0.05, 0) is 19.1 Å². The van der Waals surface area contributed by atoms with Gasteiger partial charge in [0.25, 0.3) is 0 Å². The van der Waals surface area contributed by atoms with Gasteiger partial charge in [0.15, 0.2) is 10.7 Å². The highest BCUT2D eigenvalue weighted by Gasteiger charge is 2.16. The van der Waals surface area contributed by atoms with Crippen LogP contribution in [0.2, 0.25) is 0 Å². The molecular formula is C11H9ClN2OS. The van der Waals surface area contributed by atoms with Gasteiger partial charge in [0.2, 0.25) is 0 Å². The summed E-state index contributed by atoms with van der Waals surface area (Å²) in [5.74, 6) is 1.30. The fourth-order valence-electron chi connectivity index (χ4n) is 1.81. The second kappa shape index (κ2) is 3.64. The van der Waals surface area contributed by atoms with Gasteiger partial charge < -0.3 is 4.42 Å². The number of furan rings is 1. The van der Waals surface area contributed by atoms with Crippen molar-refractivity contribution in [2.45, 2.75) is 12.8 Å². The second-order valence-corrected chi connectivity index (χ2v) is 4.93. The highest BCUT2D eigenvalue weighted by Crippen LogP contribution is 2.32. The zero-order valence-corrected chi connectivity index (χ0v) is 10.2. The lowest BCUT2D eigenvalue weighted by atomic mass is 10.3. The number of nitrogens with zero attached hydrogens (tertiary/aromatic N) is 2. The Morgan fingerprint density at radius 1 is 1.56 bits per heavy atom. The molecule has 0 radical (unpaired) electrons. The first-order chi connectivity index (χ1) is 7.81. The van der Waals surface area contributed by atoms with Crippen molar-refractivity contribution in [1.29, 1.82) is 0 Å². The van der Waals surface area contributed by atoms with Gasteiger partial charge in [-0.2, -0.15) is 0 Å². The Balaban J connectivity index is 2.37. The van der Waals surface area contributed by atoms with E-state index in [2.05, 4.69) is 16.3 Å². The van der Waals surface area contributed by atoms with Gasteiger partial charge in [-0.1, -0.05) is 0 Å². The maximum atomic E-state index is 5.90. The van der Waals surface area contributed by atoms with Gasteiger partial charge in [0.05, 0.1) is 24.0 Å². The van der Waals surface area contributed by atoms with E-state index in [1.54, 1.807) is 17.6 Å². The lowest BCUT2D eigenvalue weighted by molar-refractivity contribution is 0.579. The summed E-state index contributed by atoms with van der Waals surface area (Å²) < 4.78 is 7.51. The molecule has 0 amide bonds. The lowest BCUT2D eigenvalue weighted by Crippen LogP contribution is -1.90. The second-order valence-electron chi connectivity index (χ2n) is 3.49. The van der Waals surface area contributed by atoms with Crippen LogP contribution in [0.15, 0.2) is 29.0 Å². The zero-order chi connectivity index (χ0) is 11.1. The minimum atomic E-state index is 0.449. The van der Waals surface area contributed by atoms with Crippen molar-refractivity contribution in [2.75, 3.05) is 0 Å². The Kier molecular flexibility index (Phi) is 2.26. The van der Waals surface area contributed by atoms with Crippen LogP contribution >= 0.6 is 22.9 Å². The fraction of sp³-hybridized carbons (Fsp3) is 0.182. The van der Waals surface area contributed by atoms with E-state index in [4.69, 9.17) is 16.0 Å². The number of thiazole rings is 1. The first-order valence-electron chi connectivity index (χ1n) is 4.87. The molecule has 0 aromatic carbocycles.